The van der Waals surface area contributed by atoms with Crippen LogP contribution in [0.1, 0.15) is 16.7 Å². The number of hydrogen-bond acceptors (Lipinski definition) is 8. The highest BCUT2D eigenvalue weighted by molar-refractivity contribution is 14.1. The summed E-state index contributed by atoms with van der Waals surface area (Å²) >= 11 is 8.92. The number of carbonyl (C=O) groups excluding carboxylic acids is 3. The third-order valence-corrected chi connectivity index (χ3v) is 7.67. The van der Waals surface area contributed by atoms with Gasteiger partial charge in [-0.2, -0.15) is 5.26 Å². The molecular weight excluding hydrogens is 669 g/mol. The molecule has 0 aromatic heterocycles. The second-order valence-electron chi connectivity index (χ2n) is 8.26. The van der Waals surface area contributed by atoms with E-state index in [-0.39, 0.29) is 11.5 Å². The first kappa shape index (κ1) is 29.3. The number of carbonyl (C=O) groups is 3. The Morgan fingerprint density at radius 1 is 1.12 bits per heavy atom. The molecule has 1 aliphatic rings. The molecule has 40 heavy (non-hydrogen) atoms. The Hall–Kier alpha value is -3.73. The molecule has 0 saturated carbocycles. The standard InChI is InChI=1S/C28H21ClIN3O6S/c1-37-22-8-7-19(12-20(22)29)32-25(34)14-33-27(35)24(40-28(33)36)11-16-9-21(30)26(23(10-16)38-2)39-15-18-6-4-3-5-17(18)13-31/h3-12H,14-15H2,1-2H3,(H,32,34)/b24-11+. The van der Waals surface area contributed by atoms with Gasteiger partial charge in [-0.15, -0.1) is 0 Å². The number of nitrogens with one attached hydrogen (secondary N) is 1. The highest BCUT2D eigenvalue weighted by Gasteiger charge is 2.36. The van der Waals surface area contributed by atoms with E-state index in [1.807, 2.05) is 12.1 Å². The van der Waals surface area contributed by atoms with E-state index in [4.69, 9.17) is 25.8 Å². The summed E-state index contributed by atoms with van der Waals surface area (Å²) in [7, 11) is 2.97. The van der Waals surface area contributed by atoms with E-state index >= 15 is 0 Å². The zero-order valence-electron chi connectivity index (χ0n) is 21.2. The molecule has 0 radical (unpaired) electrons. The molecule has 0 aliphatic carbocycles. The summed E-state index contributed by atoms with van der Waals surface area (Å²) in [6, 6.07) is 17.5. The fourth-order valence-corrected chi connectivity index (χ4v) is 5.62. The van der Waals surface area contributed by atoms with Crippen molar-refractivity contribution < 1.29 is 28.6 Å². The van der Waals surface area contributed by atoms with Crippen molar-refractivity contribution in [3.8, 4) is 23.3 Å². The van der Waals surface area contributed by atoms with Gasteiger partial charge in [-0.25, -0.2) is 0 Å². The molecule has 1 fully saturated rings. The number of benzene rings is 3. The molecule has 0 spiro atoms. The van der Waals surface area contributed by atoms with Crippen molar-refractivity contribution in [3.63, 3.8) is 0 Å². The van der Waals surface area contributed by atoms with Gasteiger partial charge < -0.3 is 19.5 Å². The molecule has 0 bridgehead atoms. The molecule has 3 aromatic rings. The van der Waals surface area contributed by atoms with Crippen LogP contribution < -0.4 is 19.5 Å². The molecule has 1 saturated heterocycles. The third-order valence-electron chi connectivity index (χ3n) is 5.67. The Labute approximate surface area is 253 Å². The van der Waals surface area contributed by atoms with Crippen LogP contribution in [0.3, 0.4) is 0 Å². The molecule has 1 heterocycles. The van der Waals surface area contributed by atoms with Gasteiger partial charge in [-0.05, 0) is 82.4 Å². The summed E-state index contributed by atoms with van der Waals surface area (Å²) < 4.78 is 17.3. The largest absolute Gasteiger partial charge is 0.495 e. The van der Waals surface area contributed by atoms with Crippen LogP contribution in [0.25, 0.3) is 6.08 Å². The number of rotatable bonds is 9. The molecule has 0 atom stereocenters. The minimum Gasteiger partial charge on any atom is -0.495 e. The molecule has 204 valence electrons. The van der Waals surface area contributed by atoms with Crippen LogP contribution in [0.4, 0.5) is 10.5 Å². The molecule has 0 unspecified atom stereocenters. The van der Waals surface area contributed by atoms with Crippen LogP contribution in [0.2, 0.25) is 5.02 Å². The van der Waals surface area contributed by atoms with E-state index in [2.05, 4.69) is 34.0 Å². The predicted molar refractivity (Wildman–Crippen MR) is 161 cm³/mol. The van der Waals surface area contributed by atoms with E-state index < -0.39 is 23.6 Å². The van der Waals surface area contributed by atoms with Crippen molar-refractivity contribution in [1.29, 1.82) is 5.26 Å². The summed E-state index contributed by atoms with van der Waals surface area (Å²) in [4.78, 5) is 39.1. The van der Waals surface area contributed by atoms with Gasteiger partial charge in [0.2, 0.25) is 5.91 Å². The average Bonchev–Trinajstić information content (AvgIpc) is 3.19. The van der Waals surface area contributed by atoms with Crippen molar-refractivity contribution in [3.05, 3.63) is 84.8 Å². The monoisotopic (exact) mass is 689 g/mol. The maximum atomic E-state index is 13.0. The van der Waals surface area contributed by atoms with Crippen LogP contribution in [-0.2, 0) is 16.2 Å². The topological polar surface area (TPSA) is 118 Å². The predicted octanol–water partition coefficient (Wildman–Crippen LogP) is 6.09. The van der Waals surface area contributed by atoms with Gasteiger partial charge in [0, 0.05) is 11.3 Å². The highest BCUT2D eigenvalue weighted by Crippen LogP contribution is 2.38. The van der Waals surface area contributed by atoms with Crippen LogP contribution >= 0.6 is 46.0 Å². The molecular formula is C28H21ClIN3O6S. The summed E-state index contributed by atoms with van der Waals surface area (Å²) in [5, 5.41) is 11.7. The number of ether oxygens (including phenoxy) is 3. The van der Waals surface area contributed by atoms with Gasteiger partial charge in [0.1, 0.15) is 18.9 Å². The summed E-state index contributed by atoms with van der Waals surface area (Å²) in [6.07, 6.45) is 1.56. The summed E-state index contributed by atoms with van der Waals surface area (Å²) in [5.74, 6) is 0.215. The quantitative estimate of drug-likeness (QED) is 0.212. The number of hydrogen-bond donors (Lipinski definition) is 1. The summed E-state index contributed by atoms with van der Waals surface area (Å²) in [6.45, 7) is -0.289. The molecule has 1 aliphatic heterocycles. The van der Waals surface area contributed by atoms with Crippen LogP contribution in [0.5, 0.6) is 17.2 Å². The molecule has 12 heteroatoms. The van der Waals surface area contributed by atoms with Crippen molar-refractivity contribution in [2.75, 3.05) is 26.1 Å². The van der Waals surface area contributed by atoms with E-state index in [0.717, 1.165) is 22.2 Å². The Kier molecular flexibility index (Phi) is 9.57. The summed E-state index contributed by atoms with van der Waals surface area (Å²) in [5.41, 5.74) is 2.26. The van der Waals surface area contributed by atoms with Gasteiger partial charge in [0.15, 0.2) is 11.5 Å². The Morgan fingerprint density at radius 3 is 2.58 bits per heavy atom. The minimum absolute atomic E-state index is 0.166. The van der Waals surface area contributed by atoms with Gasteiger partial charge in [0.05, 0.1) is 39.4 Å². The van der Waals surface area contributed by atoms with E-state index in [1.165, 1.54) is 20.3 Å². The van der Waals surface area contributed by atoms with E-state index in [1.54, 1.807) is 42.5 Å². The van der Waals surface area contributed by atoms with Crippen LogP contribution in [0.15, 0.2) is 59.5 Å². The maximum absolute atomic E-state index is 13.0. The lowest BCUT2D eigenvalue weighted by molar-refractivity contribution is -0.127. The lowest BCUT2D eigenvalue weighted by Gasteiger charge is -2.14. The van der Waals surface area contributed by atoms with Gasteiger partial charge in [0.25, 0.3) is 11.1 Å². The number of methoxy groups -OCH3 is 2. The van der Waals surface area contributed by atoms with Crippen LogP contribution in [0, 0.1) is 14.9 Å². The number of imide groups is 1. The highest BCUT2D eigenvalue weighted by atomic mass is 127. The fourth-order valence-electron chi connectivity index (χ4n) is 3.74. The normalized spacial score (nSPS) is 13.8. The number of nitrogens with zero attached hydrogens (tertiary/aromatic N) is 2. The lowest BCUT2D eigenvalue weighted by atomic mass is 10.1. The third kappa shape index (κ3) is 6.70. The molecule has 3 amide bonds. The van der Waals surface area contributed by atoms with Crippen molar-refractivity contribution in [2.45, 2.75) is 6.61 Å². The van der Waals surface area contributed by atoms with E-state index in [9.17, 15) is 19.6 Å². The molecule has 3 aromatic carbocycles. The Balaban J connectivity index is 1.47. The maximum Gasteiger partial charge on any atom is 0.294 e. The number of anilines is 1. The second kappa shape index (κ2) is 13.1. The Bertz CT molecular complexity index is 1570. The first-order valence-electron chi connectivity index (χ1n) is 11.6. The smallest absolute Gasteiger partial charge is 0.294 e. The first-order chi connectivity index (χ1) is 19.2. The van der Waals surface area contributed by atoms with Crippen molar-refractivity contribution in [1.82, 2.24) is 4.90 Å². The SMILES string of the molecule is COc1ccc(NC(=O)CN2C(=O)S/C(=C/c3cc(I)c(OCc4ccccc4C#N)c(OC)c3)C2=O)cc1Cl. The van der Waals surface area contributed by atoms with Gasteiger partial charge >= 0.3 is 0 Å². The second-order valence-corrected chi connectivity index (χ2v) is 10.8. The van der Waals surface area contributed by atoms with Gasteiger partial charge in [-0.3, -0.25) is 19.3 Å². The molecule has 1 N–H and O–H groups in total. The van der Waals surface area contributed by atoms with E-state index in [0.29, 0.717) is 42.7 Å². The number of thioether (sulfide) groups is 1. The van der Waals surface area contributed by atoms with Crippen LogP contribution in [-0.4, -0.2) is 42.7 Å². The zero-order valence-corrected chi connectivity index (χ0v) is 24.9. The number of halogens is 2. The number of amides is 3. The van der Waals surface area contributed by atoms with Crippen molar-refractivity contribution in [2.24, 2.45) is 0 Å². The molecule has 9 nitrogen and oxygen atoms in total. The first-order valence-corrected chi connectivity index (χ1v) is 13.9. The number of nitriles is 1. The van der Waals surface area contributed by atoms with Gasteiger partial charge in [-0.1, -0.05) is 29.8 Å². The van der Waals surface area contributed by atoms with Crippen molar-refractivity contribution >= 4 is 74.8 Å². The lowest BCUT2D eigenvalue weighted by Crippen LogP contribution is -2.36. The molecule has 4 rings (SSSR count). The minimum atomic E-state index is -0.583. The Morgan fingerprint density at radius 2 is 1.88 bits per heavy atom. The fraction of sp³-hybridized carbons (Fsp3) is 0.143. The zero-order chi connectivity index (χ0) is 28.8. The average molecular weight is 690 g/mol.